The minimum Gasteiger partial charge on any atom is -0.336 e. The van der Waals surface area contributed by atoms with E-state index in [0.29, 0.717) is 12.5 Å². The van der Waals surface area contributed by atoms with Gasteiger partial charge in [0.15, 0.2) is 0 Å². The second-order valence-corrected chi connectivity index (χ2v) is 6.46. The van der Waals surface area contributed by atoms with E-state index in [0.717, 1.165) is 22.3 Å². The van der Waals surface area contributed by atoms with Gasteiger partial charge in [0.25, 0.3) is 5.91 Å². The highest BCUT2D eigenvalue weighted by Gasteiger charge is 2.29. The smallest absolute Gasteiger partial charge is 0.265 e. The van der Waals surface area contributed by atoms with E-state index in [4.69, 9.17) is 11.6 Å². The van der Waals surface area contributed by atoms with E-state index < -0.39 is 0 Å². The highest BCUT2D eigenvalue weighted by Crippen LogP contribution is 2.27. The van der Waals surface area contributed by atoms with Gasteiger partial charge >= 0.3 is 0 Å². The lowest BCUT2D eigenvalue weighted by molar-refractivity contribution is 0.0705. The van der Waals surface area contributed by atoms with Gasteiger partial charge in [0.2, 0.25) is 0 Å². The number of hydrogen-bond donors (Lipinski definition) is 0. The van der Waals surface area contributed by atoms with Crippen LogP contribution < -0.4 is 0 Å². The van der Waals surface area contributed by atoms with E-state index in [-0.39, 0.29) is 11.3 Å². The zero-order valence-electron chi connectivity index (χ0n) is 8.95. The molecule has 5 heteroatoms. The van der Waals surface area contributed by atoms with E-state index in [1.165, 1.54) is 11.3 Å². The summed E-state index contributed by atoms with van der Waals surface area (Å²) in [6.45, 7) is 3.61. The van der Waals surface area contributed by atoms with Gasteiger partial charge in [-0.3, -0.25) is 4.79 Å². The van der Waals surface area contributed by atoms with E-state index in [1.54, 1.807) is 0 Å². The van der Waals surface area contributed by atoms with Gasteiger partial charge in [-0.15, -0.1) is 22.9 Å². The van der Waals surface area contributed by atoms with Crippen LogP contribution in [0.4, 0.5) is 0 Å². The summed E-state index contributed by atoms with van der Waals surface area (Å²) in [6, 6.07) is 1.91. The quantitative estimate of drug-likeness (QED) is 0.723. The number of halogens is 2. The van der Waals surface area contributed by atoms with Crippen molar-refractivity contribution in [3.8, 4) is 0 Å². The fourth-order valence-corrected chi connectivity index (χ4v) is 3.60. The molecule has 16 heavy (non-hydrogen) atoms. The number of nitrogens with zero attached hydrogens (tertiary/aromatic N) is 1. The van der Waals surface area contributed by atoms with Crippen molar-refractivity contribution in [1.82, 2.24) is 4.90 Å². The SMILES string of the molecule is CC1CCN(C(=O)c2sccc2Br)CC1Cl. The molecule has 0 spiro atoms. The molecule has 1 aromatic rings. The van der Waals surface area contributed by atoms with Crippen LogP contribution in [0.5, 0.6) is 0 Å². The predicted molar refractivity (Wildman–Crippen MR) is 71.3 cm³/mol. The lowest BCUT2D eigenvalue weighted by Crippen LogP contribution is -2.43. The third-order valence-corrected chi connectivity index (χ3v) is 5.36. The van der Waals surface area contributed by atoms with Crippen molar-refractivity contribution < 1.29 is 4.79 Å². The van der Waals surface area contributed by atoms with Crippen molar-refractivity contribution in [1.29, 1.82) is 0 Å². The van der Waals surface area contributed by atoms with E-state index in [2.05, 4.69) is 22.9 Å². The van der Waals surface area contributed by atoms with Gasteiger partial charge in [-0.1, -0.05) is 6.92 Å². The predicted octanol–water partition coefficient (Wildman–Crippen LogP) is 3.60. The molecule has 1 amide bonds. The average Bonchev–Trinajstić information content (AvgIpc) is 2.67. The Hall–Kier alpha value is -0.0600. The number of thiophene rings is 1. The number of hydrogen-bond acceptors (Lipinski definition) is 2. The molecular formula is C11H13BrClNOS. The third kappa shape index (κ3) is 2.44. The van der Waals surface area contributed by atoms with E-state index >= 15 is 0 Å². The first-order valence-corrected chi connectivity index (χ1v) is 7.37. The average molecular weight is 323 g/mol. The van der Waals surface area contributed by atoms with Crippen molar-refractivity contribution in [2.75, 3.05) is 13.1 Å². The summed E-state index contributed by atoms with van der Waals surface area (Å²) >= 11 is 11.1. The topological polar surface area (TPSA) is 20.3 Å². The molecule has 88 valence electrons. The van der Waals surface area contributed by atoms with Crippen LogP contribution >= 0.6 is 38.9 Å². The van der Waals surface area contributed by atoms with Gasteiger partial charge in [-0.05, 0) is 39.7 Å². The van der Waals surface area contributed by atoms with Crippen LogP contribution in [0.2, 0.25) is 0 Å². The molecule has 0 aromatic carbocycles. The summed E-state index contributed by atoms with van der Waals surface area (Å²) in [6.07, 6.45) is 0.989. The molecule has 0 bridgehead atoms. The number of rotatable bonds is 1. The highest BCUT2D eigenvalue weighted by molar-refractivity contribution is 9.10. The Balaban J connectivity index is 2.09. The number of alkyl halides is 1. The van der Waals surface area contributed by atoms with Crippen molar-refractivity contribution in [2.24, 2.45) is 5.92 Å². The molecule has 1 aromatic heterocycles. The fraction of sp³-hybridized carbons (Fsp3) is 0.545. The van der Waals surface area contributed by atoms with Crippen LogP contribution in [-0.2, 0) is 0 Å². The molecule has 2 heterocycles. The maximum absolute atomic E-state index is 12.2. The van der Waals surface area contributed by atoms with Crippen LogP contribution in [0.15, 0.2) is 15.9 Å². The van der Waals surface area contributed by atoms with Gasteiger partial charge in [-0.25, -0.2) is 0 Å². The van der Waals surface area contributed by atoms with Crippen LogP contribution in [0.25, 0.3) is 0 Å². The molecular weight excluding hydrogens is 310 g/mol. The summed E-state index contributed by atoms with van der Waals surface area (Å²) in [4.78, 5) is 14.8. The molecule has 1 fully saturated rings. The van der Waals surface area contributed by atoms with Gasteiger partial charge in [0, 0.05) is 17.6 Å². The zero-order valence-corrected chi connectivity index (χ0v) is 12.1. The monoisotopic (exact) mass is 321 g/mol. The molecule has 0 radical (unpaired) electrons. The van der Waals surface area contributed by atoms with Crippen molar-refractivity contribution in [2.45, 2.75) is 18.7 Å². The second kappa shape index (κ2) is 5.07. The molecule has 0 aliphatic carbocycles. The molecule has 1 saturated heterocycles. The molecule has 0 saturated carbocycles. The van der Waals surface area contributed by atoms with Crippen LogP contribution in [0, 0.1) is 5.92 Å². The highest BCUT2D eigenvalue weighted by atomic mass is 79.9. The number of piperidine rings is 1. The Kier molecular flexibility index (Phi) is 3.93. The molecule has 2 rings (SSSR count). The van der Waals surface area contributed by atoms with Crippen LogP contribution in [0.3, 0.4) is 0 Å². The lowest BCUT2D eigenvalue weighted by atomic mass is 9.98. The Labute approximate surface area is 113 Å². The standard InChI is InChI=1S/C11H13BrClNOS/c1-7-2-4-14(6-9(7)13)11(15)10-8(12)3-5-16-10/h3,5,7,9H,2,4,6H2,1H3. The van der Waals surface area contributed by atoms with Crippen molar-refractivity contribution in [3.63, 3.8) is 0 Å². The first-order chi connectivity index (χ1) is 7.59. The summed E-state index contributed by atoms with van der Waals surface area (Å²) in [5.74, 6) is 0.594. The molecule has 0 N–H and O–H groups in total. The summed E-state index contributed by atoms with van der Waals surface area (Å²) < 4.78 is 0.882. The van der Waals surface area contributed by atoms with Crippen molar-refractivity contribution >= 4 is 44.8 Å². The van der Waals surface area contributed by atoms with E-state index in [9.17, 15) is 4.79 Å². The third-order valence-electron chi connectivity index (χ3n) is 2.97. The van der Waals surface area contributed by atoms with E-state index in [1.807, 2.05) is 16.3 Å². The summed E-state index contributed by atoms with van der Waals surface area (Å²) in [5, 5.41) is 2.00. The molecule has 1 aliphatic rings. The normalized spacial score (nSPS) is 25.8. The number of amides is 1. The van der Waals surface area contributed by atoms with Gasteiger partial charge in [0.05, 0.1) is 5.38 Å². The maximum atomic E-state index is 12.2. The van der Waals surface area contributed by atoms with Gasteiger partial charge in [0.1, 0.15) is 4.88 Å². The maximum Gasteiger partial charge on any atom is 0.265 e. The lowest BCUT2D eigenvalue weighted by Gasteiger charge is -2.33. The van der Waals surface area contributed by atoms with Crippen molar-refractivity contribution in [3.05, 3.63) is 20.8 Å². The molecule has 2 nitrogen and oxygen atoms in total. The summed E-state index contributed by atoms with van der Waals surface area (Å²) in [5.41, 5.74) is 0. The first kappa shape index (κ1) is 12.4. The minimum atomic E-state index is 0.0800. The molecule has 1 aliphatic heterocycles. The number of carbonyl (C=O) groups excluding carboxylic acids is 1. The number of carbonyl (C=O) groups is 1. The first-order valence-electron chi connectivity index (χ1n) is 5.26. The minimum absolute atomic E-state index is 0.0800. The Bertz CT molecular complexity index is 395. The zero-order chi connectivity index (χ0) is 11.7. The Morgan fingerprint density at radius 1 is 1.69 bits per heavy atom. The van der Waals surface area contributed by atoms with Gasteiger partial charge < -0.3 is 4.90 Å². The Morgan fingerprint density at radius 2 is 2.44 bits per heavy atom. The largest absolute Gasteiger partial charge is 0.336 e. The van der Waals surface area contributed by atoms with Crippen LogP contribution in [-0.4, -0.2) is 29.3 Å². The fourth-order valence-electron chi connectivity index (χ4n) is 1.80. The summed E-state index contributed by atoms with van der Waals surface area (Å²) in [7, 11) is 0. The van der Waals surface area contributed by atoms with Crippen LogP contribution in [0.1, 0.15) is 23.0 Å². The Morgan fingerprint density at radius 3 is 3.00 bits per heavy atom. The molecule has 2 atom stereocenters. The molecule has 2 unspecified atom stereocenters. The number of likely N-dealkylation sites (tertiary alicyclic amines) is 1. The van der Waals surface area contributed by atoms with Gasteiger partial charge in [-0.2, -0.15) is 0 Å². The second-order valence-electron chi connectivity index (χ2n) is 4.13.